The zero-order valence-electron chi connectivity index (χ0n) is 16.3. The lowest BCUT2D eigenvalue weighted by Crippen LogP contribution is -2.40. The van der Waals surface area contributed by atoms with Crippen molar-refractivity contribution in [2.75, 3.05) is 13.7 Å². The van der Waals surface area contributed by atoms with Crippen molar-refractivity contribution in [2.24, 2.45) is 0 Å². The highest BCUT2D eigenvalue weighted by Crippen LogP contribution is 2.35. The van der Waals surface area contributed by atoms with Gasteiger partial charge in [-0.25, -0.2) is 4.68 Å². The topological polar surface area (TPSA) is 87.5 Å². The lowest BCUT2D eigenvalue weighted by molar-refractivity contribution is -0.305. The average Bonchev–Trinajstić information content (AvgIpc) is 3.31. The predicted octanol–water partition coefficient (Wildman–Crippen LogP) is 2.50. The van der Waals surface area contributed by atoms with Gasteiger partial charge in [-0.05, 0) is 30.3 Å². The molecule has 9 heteroatoms. The maximum Gasteiger partial charge on any atom is 0.266 e. The van der Waals surface area contributed by atoms with Crippen molar-refractivity contribution in [1.29, 1.82) is 0 Å². The number of carboxylic acid groups (broad SMARTS) is 1. The van der Waals surface area contributed by atoms with E-state index in [2.05, 4.69) is 0 Å². The van der Waals surface area contributed by atoms with Crippen molar-refractivity contribution in [3.63, 3.8) is 0 Å². The molecule has 2 heterocycles. The van der Waals surface area contributed by atoms with E-state index in [4.69, 9.17) is 22.1 Å². The third-order valence-electron chi connectivity index (χ3n) is 4.55. The van der Waals surface area contributed by atoms with Crippen LogP contribution in [-0.2, 0) is 9.59 Å². The Kier molecular flexibility index (Phi) is 5.88. The molecule has 1 amide bonds. The van der Waals surface area contributed by atoms with Crippen LogP contribution in [0.1, 0.15) is 5.56 Å². The van der Waals surface area contributed by atoms with Gasteiger partial charge in [0.2, 0.25) is 0 Å². The number of thioether (sulfide) groups is 1. The molecule has 4 rings (SSSR count). The van der Waals surface area contributed by atoms with E-state index in [-0.39, 0.29) is 4.32 Å². The van der Waals surface area contributed by atoms with Gasteiger partial charge in [-0.15, -0.1) is 0 Å². The summed E-state index contributed by atoms with van der Waals surface area (Å²) in [5, 5.41) is 15.7. The summed E-state index contributed by atoms with van der Waals surface area (Å²) in [6.07, 6.45) is 3.49. The highest BCUT2D eigenvalue weighted by Gasteiger charge is 2.32. The number of ether oxygens (including phenoxy) is 1. The summed E-state index contributed by atoms with van der Waals surface area (Å²) in [6.45, 7) is -0.575. The van der Waals surface area contributed by atoms with E-state index in [9.17, 15) is 14.7 Å². The fourth-order valence-electron chi connectivity index (χ4n) is 3.11. The van der Waals surface area contributed by atoms with Crippen molar-refractivity contribution in [2.45, 2.75) is 0 Å². The van der Waals surface area contributed by atoms with Gasteiger partial charge in [0.1, 0.15) is 15.8 Å². The molecule has 1 aromatic heterocycles. The smallest absolute Gasteiger partial charge is 0.266 e. The van der Waals surface area contributed by atoms with E-state index in [0.717, 1.165) is 27.9 Å². The Hall–Kier alpha value is -3.43. The number of carbonyl (C=O) groups excluding carboxylic acids is 2. The molecule has 0 atom stereocenters. The van der Waals surface area contributed by atoms with E-state index in [0.29, 0.717) is 21.9 Å². The maximum absolute atomic E-state index is 12.7. The number of hydrogen-bond donors (Lipinski definition) is 0. The minimum Gasteiger partial charge on any atom is -0.548 e. The number of rotatable bonds is 6. The predicted molar refractivity (Wildman–Crippen MR) is 120 cm³/mol. The second-order valence-electron chi connectivity index (χ2n) is 6.58. The third kappa shape index (κ3) is 4.37. The molecule has 0 unspecified atom stereocenters. The molecule has 0 radical (unpaired) electrons. The number of thiocarbonyl (C=S) groups is 1. The number of carbonyl (C=O) groups is 2. The van der Waals surface area contributed by atoms with Gasteiger partial charge in [0.25, 0.3) is 5.91 Å². The normalized spacial score (nSPS) is 15.0. The van der Waals surface area contributed by atoms with Crippen molar-refractivity contribution in [3.05, 3.63) is 71.3 Å². The van der Waals surface area contributed by atoms with Crippen LogP contribution in [0.5, 0.6) is 5.75 Å². The van der Waals surface area contributed by atoms with Gasteiger partial charge in [0, 0.05) is 17.3 Å². The molecule has 0 saturated carbocycles. The Morgan fingerprint density at radius 1 is 1.23 bits per heavy atom. The summed E-state index contributed by atoms with van der Waals surface area (Å²) in [5.74, 6) is -1.16. The lowest BCUT2D eigenvalue weighted by Gasteiger charge is -2.14. The molecule has 1 aliphatic rings. The first-order valence-corrected chi connectivity index (χ1v) is 10.4. The summed E-state index contributed by atoms with van der Waals surface area (Å²) in [4.78, 5) is 25.0. The molecule has 0 spiro atoms. The molecule has 31 heavy (non-hydrogen) atoms. The molecule has 7 nitrogen and oxygen atoms in total. The average molecular weight is 451 g/mol. The molecule has 1 saturated heterocycles. The number of aromatic nitrogens is 2. The summed E-state index contributed by atoms with van der Waals surface area (Å²) in [7, 11) is 1.59. The van der Waals surface area contributed by atoms with Crippen molar-refractivity contribution >= 4 is 46.3 Å². The van der Waals surface area contributed by atoms with Gasteiger partial charge in [0.15, 0.2) is 0 Å². The second kappa shape index (κ2) is 8.75. The van der Waals surface area contributed by atoms with Crippen molar-refractivity contribution < 1.29 is 19.4 Å². The standard InChI is InChI=1S/C22H17N3O4S2/c1-29-17-9-5-6-14(10-17)20-15(12-25(23-20)16-7-3-2-4-8-16)11-18-21(28)24(13-19(26)27)22(30)31-18/h2-12H,13H2,1H3,(H,26,27)/p-1/b18-11-. The Bertz CT molecular complexity index is 1200. The second-order valence-corrected chi connectivity index (χ2v) is 8.26. The molecule has 2 aromatic carbocycles. The minimum atomic E-state index is -1.37. The van der Waals surface area contributed by atoms with Crippen LogP contribution >= 0.6 is 24.0 Å². The largest absolute Gasteiger partial charge is 0.548 e. The van der Waals surface area contributed by atoms with E-state index in [1.807, 2.05) is 60.8 Å². The molecule has 1 fully saturated rings. The van der Waals surface area contributed by atoms with Crippen molar-refractivity contribution in [1.82, 2.24) is 14.7 Å². The van der Waals surface area contributed by atoms with Crippen LogP contribution in [0.25, 0.3) is 23.0 Å². The molecule has 0 aliphatic carbocycles. The van der Waals surface area contributed by atoms with E-state index in [1.165, 1.54) is 0 Å². The van der Waals surface area contributed by atoms with Crippen LogP contribution in [0.2, 0.25) is 0 Å². The zero-order valence-corrected chi connectivity index (χ0v) is 18.0. The molecular formula is C22H16N3O4S2-. The molecule has 1 aliphatic heterocycles. The van der Waals surface area contributed by atoms with Crippen LogP contribution in [0.3, 0.4) is 0 Å². The quantitative estimate of drug-likeness (QED) is 0.421. The molecule has 0 N–H and O–H groups in total. The SMILES string of the molecule is COc1cccc(-c2nn(-c3ccccc3)cc2/C=C2\SC(=S)N(CC(=O)[O-])C2=O)c1. The molecular weight excluding hydrogens is 434 g/mol. The van der Waals surface area contributed by atoms with Gasteiger partial charge >= 0.3 is 0 Å². The molecule has 156 valence electrons. The van der Waals surface area contributed by atoms with Crippen molar-refractivity contribution in [3.8, 4) is 22.7 Å². The van der Waals surface area contributed by atoms with Crippen LogP contribution in [-0.4, -0.2) is 44.5 Å². The third-order valence-corrected chi connectivity index (χ3v) is 5.93. The van der Waals surface area contributed by atoms with E-state index >= 15 is 0 Å². The van der Waals surface area contributed by atoms with E-state index in [1.54, 1.807) is 17.9 Å². The number of methoxy groups -OCH3 is 1. The Labute approximate surface area is 187 Å². The van der Waals surface area contributed by atoms with Gasteiger partial charge in [-0.3, -0.25) is 9.69 Å². The maximum atomic E-state index is 12.7. The number of hydrogen-bond acceptors (Lipinski definition) is 7. The minimum absolute atomic E-state index is 0.179. The van der Waals surface area contributed by atoms with Crippen LogP contribution < -0.4 is 9.84 Å². The van der Waals surface area contributed by atoms with E-state index < -0.39 is 18.4 Å². The Morgan fingerprint density at radius 2 is 2.00 bits per heavy atom. The monoisotopic (exact) mass is 450 g/mol. The summed E-state index contributed by atoms with van der Waals surface area (Å²) in [6, 6.07) is 17.0. The fraction of sp³-hybridized carbons (Fsp3) is 0.0909. The van der Waals surface area contributed by atoms with Crippen LogP contribution in [0.15, 0.2) is 65.7 Å². The van der Waals surface area contributed by atoms with Gasteiger partial charge in [-0.2, -0.15) is 5.10 Å². The molecule has 3 aromatic rings. The summed E-state index contributed by atoms with van der Waals surface area (Å²) in [5.41, 5.74) is 3.00. The summed E-state index contributed by atoms with van der Waals surface area (Å²) >= 11 is 6.22. The highest BCUT2D eigenvalue weighted by molar-refractivity contribution is 8.26. The first-order valence-electron chi connectivity index (χ1n) is 9.21. The van der Waals surface area contributed by atoms with Crippen LogP contribution in [0.4, 0.5) is 0 Å². The number of benzene rings is 2. The van der Waals surface area contributed by atoms with Gasteiger partial charge in [-0.1, -0.05) is 54.3 Å². The number of para-hydroxylation sites is 1. The Balaban J connectivity index is 1.80. The van der Waals surface area contributed by atoms with Gasteiger partial charge < -0.3 is 14.6 Å². The number of aliphatic carboxylic acids is 1. The van der Waals surface area contributed by atoms with Crippen LogP contribution in [0, 0.1) is 0 Å². The Morgan fingerprint density at radius 3 is 2.71 bits per heavy atom. The lowest BCUT2D eigenvalue weighted by atomic mass is 10.1. The number of nitrogens with zero attached hydrogens (tertiary/aromatic N) is 3. The zero-order chi connectivity index (χ0) is 22.0. The fourth-order valence-corrected chi connectivity index (χ4v) is 4.35. The van der Waals surface area contributed by atoms with Gasteiger partial charge in [0.05, 0.1) is 30.2 Å². The first-order chi connectivity index (χ1) is 15.0. The summed E-state index contributed by atoms with van der Waals surface area (Å²) < 4.78 is 7.23. The molecule has 0 bridgehead atoms. The first kappa shape index (κ1) is 20.8. The highest BCUT2D eigenvalue weighted by atomic mass is 32.2. The number of amides is 1. The number of carboxylic acids is 1.